The fourth-order valence-electron chi connectivity index (χ4n) is 8.24. The van der Waals surface area contributed by atoms with Crippen LogP contribution < -0.4 is 31.1 Å². The van der Waals surface area contributed by atoms with Crippen LogP contribution in [0.4, 0.5) is 47.3 Å². The second-order valence-electron chi connectivity index (χ2n) is 16.3. The molecule has 68 heavy (non-hydrogen) atoms. The van der Waals surface area contributed by atoms with Crippen LogP contribution in [-0.2, 0) is 21.9 Å². The topological polar surface area (TPSA) is 170 Å². The zero-order valence-corrected chi connectivity index (χ0v) is 37.2. The van der Waals surface area contributed by atoms with Crippen LogP contribution in [0.2, 0.25) is 0 Å². The van der Waals surface area contributed by atoms with Gasteiger partial charge in [-0.2, -0.15) is 36.9 Å². The number of amides is 6. The Hall–Kier alpha value is -7.60. The summed E-state index contributed by atoms with van der Waals surface area (Å²) >= 11 is 0. The van der Waals surface area contributed by atoms with E-state index in [1.54, 1.807) is 48.5 Å². The molecule has 18 heteroatoms. The zero-order chi connectivity index (χ0) is 49.2. The molecule has 354 valence electrons. The first-order valence-electron chi connectivity index (χ1n) is 22.0. The standard InChI is InChI=1S/C50H48F6N8O4/c1-31-41(43(35-21-17-33(29-57)18-22-35)61-47(67)63(31)39-15-11-13-37(27-39)49(51,52)53)45(65)59-25-9-7-5-3-4-6-8-10-26-60-46(66)42-32(2)64(40-16-12-14-38(28-40)50(54,55)56)48(68)62-44(42)36-23-19-34(30-58)20-24-36/h11-24,27-28,43-44H,3-10,25-26H2,1-2H3,(H,59,65)(H,60,66)(H,61,67)(H,62,68). The molecule has 0 aliphatic carbocycles. The molecule has 2 heterocycles. The molecule has 4 N–H and O–H groups in total. The zero-order valence-electron chi connectivity index (χ0n) is 37.2. The Morgan fingerprint density at radius 2 is 0.897 bits per heavy atom. The third kappa shape index (κ3) is 11.9. The Labute approximate surface area is 389 Å². The van der Waals surface area contributed by atoms with Gasteiger partial charge in [-0.1, -0.05) is 74.9 Å². The number of urea groups is 2. The third-order valence-electron chi connectivity index (χ3n) is 11.7. The van der Waals surface area contributed by atoms with E-state index in [-0.39, 0.29) is 33.9 Å². The number of unbranched alkanes of at least 4 members (excludes halogenated alkanes) is 7. The second kappa shape index (κ2) is 21.8. The summed E-state index contributed by atoms with van der Waals surface area (Å²) < 4.78 is 81.5. The van der Waals surface area contributed by atoms with Gasteiger partial charge >= 0.3 is 24.4 Å². The first-order valence-corrected chi connectivity index (χ1v) is 22.0. The van der Waals surface area contributed by atoms with E-state index in [9.17, 15) is 56.0 Å². The highest BCUT2D eigenvalue weighted by atomic mass is 19.4. The third-order valence-corrected chi connectivity index (χ3v) is 11.7. The molecule has 0 aromatic heterocycles. The van der Waals surface area contributed by atoms with Gasteiger partial charge in [-0.15, -0.1) is 0 Å². The number of carbonyl (C=O) groups excluding carboxylic acids is 4. The fourth-order valence-corrected chi connectivity index (χ4v) is 8.24. The van der Waals surface area contributed by atoms with Crippen molar-refractivity contribution >= 4 is 35.3 Å². The van der Waals surface area contributed by atoms with Crippen molar-refractivity contribution in [1.29, 1.82) is 10.5 Å². The number of carbonyl (C=O) groups is 4. The monoisotopic (exact) mass is 938 g/mol. The summed E-state index contributed by atoms with van der Waals surface area (Å²) in [7, 11) is 0. The number of allylic oxidation sites excluding steroid dienone is 2. The lowest BCUT2D eigenvalue weighted by Crippen LogP contribution is -2.49. The largest absolute Gasteiger partial charge is 0.416 e. The van der Waals surface area contributed by atoms with E-state index in [1.165, 1.54) is 38.1 Å². The molecule has 0 bridgehead atoms. The fraction of sp³-hybridized carbons (Fsp3) is 0.320. The second-order valence-corrected chi connectivity index (χ2v) is 16.3. The van der Waals surface area contributed by atoms with Crippen LogP contribution >= 0.6 is 0 Å². The van der Waals surface area contributed by atoms with Gasteiger partial charge < -0.3 is 21.3 Å². The minimum Gasteiger partial charge on any atom is -0.352 e. The molecule has 4 aromatic carbocycles. The molecule has 0 saturated heterocycles. The number of nitrogens with zero attached hydrogens (tertiary/aromatic N) is 4. The lowest BCUT2D eigenvalue weighted by Gasteiger charge is -2.36. The van der Waals surface area contributed by atoms with Gasteiger partial charge in [0.2, 0.25) is 0 Å². The van der Waals surface area contributed by atoms with Gasteiger partial charge in [-0.05, 0) is 98.5 Å². The van der Waals surface area contributed by atoms with Crippen molar-refractivity contribution in [2.45, 2.75) is 89.7 Å². The molecule has 2 aliphatic heterocycles. The highest BCUT2D eigenvalue weighted by Gasteiger charge is 2.40. The van der Waals surface area contributed by atoms with E-state index >= 15 is 0 Å². The molecule has 0 spiro atoms. The normalized spacial score (nSPS) is 16.4. The van der Waals surface area contributed by atoms with Gasteiger partial charge in [0.25, 0.3) is 11.8 Å². The molecule has 2 aliphatic rings. The Morgan fingerprint density at radius 1 is 0.559 bits per heavy atom. The maximum absolute atomic E-state index is 13.8. The molecule has 0 fully saturated rings. The van der Waals surface area contributed by atoms with Crippen LogP contribution in [0.5, 0.6) is 0 Å². The summed E-state index contributed by atoms with van der Waals surface area (Å²) in [4.78, 5) is 56.5. The summed E-state index contributed by atoms with van der Waals surface area (Å²) in [5.41, 5.74) is 0.320. The van der Waals surface area contributed by atoms with Gasteiger partial charge in [0.1, 0.15) is 0 Å². The average Bonchev–Trinajstić information content (AvgIpc) is 3.31. The van der Waals surface area contributed by atoms with Crippen molar-refractivity contribution < 1.29 is 45.5 Å². The van der Waals surface area contributed by atoms with Crippen LogP contribution in [0.25, 0.3) is 0 Å². The first-order chi connectivity index (χ1) is 32.4. The smallest absolute Gasteiger partial charge is 0.352 e. The Kier molecular flexibility index (Phi) is 16.0. The Balaban J connectivity index is 0.990. The number of rotatable bonds is 17. The van der Waals surface area contributed by atoms with Crippen LogP contribution in [-0.4, -0.2) is 37.0 Å². The van der Waals surface area contributed by atoms with E-state index in [0.717, 1.165) is 72.6 Å². The Morgan fingerprint density at radius 3 is 1.22 bits per heavy atom. The summed E-state index contributed by atoms with van der Waals surface area (Å²) in [5, 5.41) is 29.9. The van der Waals surface area contributed by atoms with Crippen molar-refractivity contribution in [2.24, 2.45) is 0 Å². The van der Waals surface area contributed by atoms with Crippen molar-refractivity contribution in [1.82, 2.24) is 21.3 Å². The van der Waals surface area contributed by atoms with Crippen molar-refractivity contribution in [3.8, 4) is 12.1 Å². The molecule has 4 aromatic rings. The van der Waals surface area contributed by atoms with Gasteiger partial charge in [-0.25, -0.2) is 9.59 Å². The molecular formula is C50H48F6N8O4. The van der Waals surface area contributed by atoms with Crippen LogP contribution in [0.15, 0.2) is 120 Å². The van der Waals surface area contributed by atoms with E-state index in [4.69, 9.17) is 0 Å². The van der Waals surface area contributed by atoms with Crippen LogP contribution in [0.3, 0.4) is 0 Å². The van der Waals surface area contributed by atoms with Gasteiger partial charge in [0.15, 0.2) is 0 Å². The summed E-state index contributed by atoms with van der Waals surface area (Å²) in [6.07, 6.45) is -2.87. The number of nitriles is 2. The molecule has 0 saturated carbocycles. The number of benzene rings is 4. The van der Waals surface area contributed by atoms with Crippen molar-refractivity contribution in [3.05, 3.63) is 153 Å². The van der Waals surface area contributed by atoms with E-state index in [1.807, 2.05) is 12.1 Å². The highest BCUT2D eigenvalue weighted by molar-refractivity contribution is 6.06. The van der Waals surface area contributed by atoms with E-state index in [0.29, 0.717) is 48.2 Å². The van der Waals surface area contributed by atoms with Crippen LogP contribution in [0, 0.1) is 22.7 Å². The number of hydrogen-bond acceptors (Lipinski definition) is 6. The molecule has 12 nitrogen and oxygen atoms in total. The summed E-state index contributed by atoms with van der Waals surface area (Å²) in [6, 6.07) is 21.9. The number of halogens is 6. The maximum Gasteiger partial charge on any atom is 0.416 e. The predicted molar refractivity (Wildman–Crippen MR) is 241 cm³/mol. The van der Waals surface area contributed by atoms with E-state index in [2.05, 4.69) is 21.3 Å². The minimum atomic E-state index is -4.66. The van der Waals surface area contributed by atoms with Gasteiger partial charge in [0, 0.05) is 24.5 Å². The SMILES string of the molecule is CC1=C(C(=O)NCCCCCCCCCCNC(=O)C2=C(C)N(c3cccc(C(F)(F)F)c3)C(=O)NC2c2ccc(C#N)cc2)C(c2ccc(C#N)cc2)NC(=O)N1c1cccc(C(F)(F)F)c1. The molecular weight excluding hydrogens is 891 g/mol. The highest BCUT2D eigenvalue weighted by Crippen LogP contribution is 2.39. The quantitative estimate of drug-likeness (QED) is 0.0606. The number of nitrogens with one attached hydrogen (secondary N) is 4. The number of hydrogen-bond donors (Lipinski definition) is 4. The molecule has 2 atom stereocenters. The average molecular weight is 939 g/mol. The van der Waals surface area contributed by atoms with Crippen LogP contribution in [0.1, 0.15) is 111 Å². The molecule has 2 unspecified atom stereocenters. The molecule has 6 rings (SSSR count). The van der Waals surface area contributed by atoms with Gasteiger partial charge in [0.05, 0.1) is 69.0 Å². The maximum atomic E-state index is 13.8. The van der Waals surface area contributed by atoms with Crippen molar-refractivity contribution in [3.63, 3.8) is 0 Å². The lowest BCUT2D eigenvalue weighted by molar-refractivity contribution is -0.138. The predicted octanol–water partition coefficient (Wildman–Crippen LogP) is 10.6. The Bertz CT molecular complexity index is 2480. The molecule has 0 radical (unpaired) electrons. The van der Waals surface area contributed by atoms with Crippen molar-refractivity contribution in [2.75, 3.05) is 22.9 Å². The molecule has 6 amide bonds. The first kappa shape index (κ1) is 49.8. The number of anilines is 2. The van der Waals surface area contributed by atoms with E-state index < -0.39 is 59.4 Å². The summed E-state index contributed by atoms with van der Waals surface area (Å²) in [5.74, 6) is -1.00. The minimum absolute atomic E-state index is 0.0626. The lowest BCUT2D eigenvalue weighted by atomic mass is 9.93. The van der Waals surface area contributed by atoms with Gasteiger partial charge in [-0.3, -0.25) is 19.4 Å². The summed E-state index contributed by atoms with van der Waals surface area (Å²) in [6.45, 7) is 3.61. The number of alkyl halides is 6.